The fraction of sp³-hybridized carbons (Fsp3) is 0.667. The maximum absolute atomic E-state index is 5.67. The SMILES string of the molecule is CCC(C)CC(Cc1ncc(C)c(OC)c1C)NN. The number of nitrogens with zero attached hydrogens (tertiary/aromatic N) is 1. The molecule has 1 aromatic rings. The molecular weight excluding hydrogens is 238 g/mol. The standard InChI is InChI=1S/C15H27N3O/c1-6-10(2)7-13(18-16)8-14-12(4)15(19-5)11(3)9-17-14/h9-10,13,18H,6-8,16H2,1-5H3. The van der Waals surface area contributed by atoms with E-state index in [4.69, 9.17) is 10.6 Å². The zero-order chi connectivity index (χ0) is 14.4. The second kappa shape index (κ2) is 7.46. The maximum atomic E-state index is 5.67. The zero-order valence-electron chi connectivity index (χ0n) is 12.8. The Morgan fingerprint density at radius 2 is 2.11 bits per heavy atom. The molecule has 0 amide bonds. The van der Waals surface area contributed by atoms with Crippen molar-refractivity contribution in [2.75, 3.05) is 7.11 Å². The molecule has 0 aliphatic rings. The molecule has 108 valence electrons. The van der Waals surface area contributed by atoms with Gasteiger partial charge in [0.2, 0.25) is 0 Å². The Hall–Kier alpha value is -1.13. The molecule has 0 radical (unpaired) electrons. The van der Waals surface area contributed by atoms with Gasteiger partial charge in [0.25, 0.3) is 0 Å². The predicted molar refractivity (Wildman–Crippen MR) is 79.2 cm³/mol. The van der Waals surface area contributed by atoms with Crippen molar-refractivity contribution in [2.24, 2.45) is 11.8 Å². The molecule has 0 saturated carbocycles. The summed E-state index contributed by atoms with van der Waals surface area (Å²) in [5.74, 6) is 7.26. The molecule has 0 fully saturated rings. The molecule has 4 heteroatoms. The quantitative estimate of drug-likeness (QED) is 0.587. The summed E-state index contributed by atoms with van der Waals surface area (Å²) in [6.45, 7) is 8.53. The van der Waals surface area contributed by atoms with Crippen LogP contribution in [0, 0.1) is 19.8 Å². The summed E-state index contributed by atoms with van der Waals surface area (Å²) in [7, 11) is 1.71. The average Bonchev–Trinajstić information content (AvgIpc) is 2.41. The van der Waals surface area contributed by atoms with Crippen LogP contribution in [0.4, 0.5) is 0 Å². The van der Waals surface area contributed by atoms with Crippen LogP contribution in [-0.4, -0.2) is 18.1 Å². The third-order valence-corrected chi connectivity index (χ3v) is 3.81. The smallest absolute Gasteiger partial charge is 0.128 e. The van der Waals surface area contributed by atoms with Gasteiger partial charge in [-0.1, -0.05) is 20.3 Å². The topological polar surface area (TPSA) is 60.2 Å². The average molecular weight is 265 g/mol. The number of nitrogens with two attached hydrogens (primary N) is 1. The van der Waals surface area contributed by atoms with Crippen molar-refractivity contribution < 1.29 is 4.74 Å². The van der Waals surface area contributed by atoms with Crippen LogP contribution in [0.5, 0.6) is 5.75 Å². The fourth-order valence-corrected chi connectivity index (χ4v) is 2.37. The van der Waals surface area contributed by atoms with E-state index in [9.17, 15) is 0 Å². The van der Waals surface area contributed by atoms with Crippen molar-refractivity contribution in [3.8, 4) is 5.75 Å². The lowest BCUT2D eigenvalue weighted by molar-refractivity contribution is 0.389. The van der Waals surface area contributed by atoms with E-state index in [0.29, 0.717) is 5.92 Å². The number of aromatic nitrogens is 1. The molecule has 4 nitrogen and oxygen atoms in total. The highest BCUT2D eigenvalue weighted by Gasteiger charge is 2.16. The van der Waals surface area contributed by atoms with Crippen LogP contribution >= 0.6 is 0 Å². The maximum Gasteiger partial charge on any atom is 0.128 e. The molecule has 0 bridgehead atoms. The Morgan fingerprint density at radius 1 is 1.42 bits per heavy atom. The second-order valence-corrected chi connectivity index (χ2v) is 5.36. The number of pyridine rings is 1. The molecule has 2 unspecified atom stereocenters. The van der Waals surface area contributed by atoms with E-state index in [1.807, 2.05) is 13.1 Å². The first kappa shape index (κ1) is 15.9. The Balaban J connectivity index is 2.85. The summed E-state index contributed by atoms with van der Waals surface area (Å²) in [6.07, 6.45) is 4.94. The second-order valence-electron chi connectivity index (χ2n) is 5.36. The van der Waals surface area contributed by atoms with Crippen LogP contribution in [-0.2, 0) is 6.42 Å². The molecular formula is C15H27N3O. The highest BCUT2D eigenvalue weighted by Crippen LogP contribution is 2.25. The third kappa shape index (κ3) is 4.18. The number of aryl methyl sites for hydroxylation is 1. The molecule has 19 heavy (non-hydrogen) atoms. The van der Waals surface area contributed by atoms with Crippen molar-refractivity contribution >= 4 is 0 Å². The van der Waals surface area contributed by atoms with Gasteiger partial charge in [-0.05, 0) is 26.2 Å². The van der Waals surface area contributed by atoms with Crippen molar-refractivity contribution in [1.29, 1.82) is 0 Å². The van der Waals surface area contributed by atoms with Gasteiger partial charge in [-0.2, -0.15) is 0 Å². The van der Waals surface area contributed by atoms with Gasteiger partial charge in [-0.3, -0.25) is 16.3 Å². The summed E-state index contributed by atoms with van der Waals surface area (Å²) in [5.41, 5.74) is 6.17. The van der Waals surface area contributed by atoms with E-state index < -0.39 is 0 Å². The number of rotatable bonds is 7. The van der Waals surface area contributed by atoms with Crippen LogP contribution in [0.1, 0.15) is 43.5 Å². The van der Waals surface area contributed by atoms with E-state index in [2.05, 4.69) is 31.2 Å². The summed E-state index contributed by atoms with van der Waals surface area (Å²) in [4.78, 5) is 4.53. The van der Waals surface area contributed by atoms with Crippen molar-refractivity contribution in [2.45, 2.75) is 53.0 Å². The molecule has 1 rings (SSSR count). The number of methoxy groups -OCH3 is 1. The Kier molecular flexibility index (Phi) is 6.25. The van der Waals surface area contributed by atoms with Gasteiger partial charge in [-0.25, -0.2) is 0 Å². The highest BCUT2D eigenvalue weighted by molar-refractivity contribution is 5.41. The van der Waals surface area contributed by atoms with Crippen LogP contribution in [0.15, 0.2) is 6.20 Å². The van der Waals surface area contributed by atoms with Gasteiger partial charge in [0.1, 0.15) is 5.75 Å². The normalized spacial score (nSPS) is 14.2. The molecule has 1 aromatic heterocycles. The predicted octanol–water partition coefficient (Wildman–Crippen LogP) is 2.52. The minimum Gasteiger partial charge on any atom is -0.496 e. The minimum atomic E-state index is 0.258. The van der Waals surface area contributed by atoms with Crippen LogP contribution < -0.4 is 16.0 Å². The van der Waals surface area contributed by atoms with Crippen LogP contribution in [0.25, 0.3) is 0 Å². The van der Waals surface area contributed by atoms with E-state index >= 15 is 0 Å². The number of hydrogen-bond donors (Lipinski definition) is 2. The number of ether oxygens (including phenoxy) is 1. The minimum absolute atomic E-state index is 0.258. The van der Waals surface area contributed by atoms with Gasteiger partial charge in [-0.15, -0.1) is 0 Å². The van der Waals surface area contributed by atoms with Crippen LogP contribution in [0.2, 0.25) is 0 Å². The van der Waals surface area contributed by atoms with Gasteiger partial charge < -0.3 is 4.74 Å². The van der Waals surface area contributed by atoms with Gasteiger partial charge >= 0.3 is 0 Å². The van der Waals surface area contributed by atoms with E-state index in [-0.39, 0.29) is 6.04 Å². The van der Waals surface area contributed by atoms with Gasteiger partial charge in [0.15, 0.2) is 0 Å². The largest absolute Gasteiger partial charge is 0.496 e. The first-order chi connectivity index (χ1) is 9.03. The van der Waals surface area contributed by atoms with E-state index in [0.717, 1.165) is 35.4 Å². The Bertz CT molecular complexity index is 407. The third-order valence-electron chi connectivity index (χ3n) is 3.81. The molecule has 1 heterocycles. The summed E-state index contributed by atoms with van der Waals surface area (Å²) in [5, 5.41) is 0. The van der Waals surface area contributed by atoms with E-state index in [1.165, 1.54) is 6.42 Å². The summed E-state index contributed by atoms with van der Waals surface area (Å²) < 4.78 is 5.44. The fourth-order valence-electron chi connectivity index (χ4n) is 2.37. The van der Waals surface area contributed by atoms with Crippen molar-refractivity contribution in [3.63, 3.8) is 0 Å². The Labute approximate surface area is 116 Å². The molecule has 0 aromatic carbocycles. The molecule has 2 atom stereocenters. The molecule has 0 spiro atoms. The number of hydrazine groups is 1. The summed E-state index contributed by atoms with van der Waals surface area (Å²) >= 11 is 0. The number of nitrogens with one attached hydrogen (secondary N) is 1. The molecule has 0 aliphatic heterocycles. The monoisotopic (exact) mass is 265 g/mol. The van der Waals surface area contributed by atoms with E-state index in [1.54, 1.807) is 7.11 Å². The zero-order valence-corrected chi connectivity index (χ0v) is 12.8. The first-order valence-electron chi connectivity index (χ1n) is 6.98. The van der Waals surface area contributed by atoms with Crippen molar-refractivity contribution in [1.82, 2.24) is 10.4 Å². The molecule has 0 saturated heterocycles. The Morgan fingerprint density at radius 3 is 2.63 bits per heavy atom. The summed E-state index contributed by atoms with van der Waals surface area (Å²) in [6, 6.07) is 0.258. The lowest BCUT2D eigenvalue weighted by atomic mass is 9.95. The van der Waals surface area contributed by atoms with Crippen LogP contribution in [0.3, 0.4) is 0 Å². The number of hydrogen-bond acceptors (Lipinski definition) is 4. The lowest BCUT2D eigenvalue weighted by Gasteiger charge is -2.21. The lowest BCUT2D eigenvalue weighted by Crippen LogP contribution is -2.38. The molecule has 3 N–H and O–H groups in total. The molecule has 0 aliphatic carbocycles. The van der Waals surface area contributed by atoms with Gasteiger partial charge in [0.05, 0.1) is 7.11 Å². The van der Waals surface area contributed by atoms with Crippen molar-refractivity contribution in [3.05, 3.63) is 23.0 Å². The highest BCUT2D eigenvalue weighted by atomic mass is 16.5. The van der Waals surface area contributed by atoms with Gasteiger partial charge in [0, 0.05) is 35.5 Å². The first-order valence-corrected chi connectivity index (χ1v) is 6.98.